The normalized spacial score (nSPS) is 53.2. The van der Waals surface area contributed by atoms with Crippen LogP contribution in [0.25, 0.3) is 0 Å². The maximum atomic E-state index is 17.5. The van der Waals surface area contributed by atoms with Gasteiger partial charge in [-0.2, -0.15) is 0 Å². The lowest BCUT2D eigenvalue weighted by atomic mass is 9.43. The zero-order valence-electron chi connectivity index (χ0n) is 21.4. The third-order valence-corrected chi connectivity index (χ3v) is 12.0. The van der Waals surface area contributed by atoms with Gasteiger partial charge in [-0.05, 0) is 57.1 Å². The highest BCUT2D eigenvalue weighted by atomic mass is 32.2. The summed E-state index contributed by atoms with van der Waals surface area (Å²) in [7, 11) is 0. The minimum absolute atomic E-state index is 0.0726. The molecule has 2 aliphatic heterocycles. The summed E-state index contributed by atoms with van der Waals surface area (Å²) in [5, 5.41) is 11.3. The molecule has 9 heteroatoms. The van der Waals surface area contributed by atoms with Gasteiger partial charge in [0, 0.05) is 35.3 Å². The largest absolute Gasteiger partial charge is 0.465 e. The summed E-state index contributed by atoms with van der Waals surface area (Å²) in [6.45, 7) is 7.83. The van der Waals surface area contributed by atoms with Crippen molar-refractivity contribution in [2.75, 3.05) is 12.4 Å². The molecule has 36 heavy (non-hydrogen) atoms. The molecule has 0 aromatic rings. The molecule has 3 saturated carbocycles. The molecule has 1 unspecified atom stereocenters. The third kappa shape index (κ3) is 3.06. The van der Waals surface area contributed by atoms with Gasteiger partial charge in [0.05, 0.1) is 18.8 Å². The highest BCUT2D eigenvalue weighted by Gasteiger charge is 2.79. The Balaban J connectivity index is 1.40. The Morgan fingerprint density at radius 2 is 1.92 bits per heavy atom. The molecule has 2 saturated heterocycles. The van der Waals surface area contributed by atoms with Crippen LogP contribution in [-0.4, -0.2) is 69.9 Å². The van der Waals surface area contributed by atoms with Gasteiger partial charge in [0.2, 0.25) is 0 Å². The zero-order valence-corrected chi connectivity index (χ0v) is 22.2. The van der Waals surface area contributed by atoms with Gasteiger partial charge in [0.15, 0.2) is 11.6 Å². The second-order valence-electron chi connectivity index (χ2n) is 12.7. The number of carbonyl (C=O) groups excluding carboxylic acids is 2. The number of allylic oxidation sites excluding steroid dienone is 1. The van der Waals surface area contributed by atoms with Crippen LogP contribution in [0.2, 0.25) is 0 Å². The van der Waals surface area contributed by atoms with Gasteiger partial charge in [-0.25, -0.2) is 8.78 Å². The Morgan fingerprint density at radius 1 is 1.17 bits per heavy atom. The van der Waals surface area contributed by atoms with Crippen molar-refractivity contribution >= 4 is 23.5 Å². The van der Waals surface area contributed by atoms with Crippen molar-refractivity contribution in [3.05, 3.63) is 11.6 Å². The van der Waals surface area contributed by atoms with Gasteiger partial charge in [0.1, 0.15) is 22.7 Å². The van der Waals surface area contributed by atoms with Crippen molar-refractivity contribution in [1.29, 1.82) is 0 Å². The first-order chi connectivity index (χ1) is 16.8. The molecule has 0 aromatic heterocycles. The van der Waals surface area contributed by atoms with E-state index < -0.39 is 46.1 Å². The van der Waals surface area contributed by atoms with Crippen LogP contribution in [0.1, 0.15) is 66.2 Å². The fourth-order valence-corrected chi connectivity index (χ4v) is 10.4. The molecule has 0 spiro atoms. The van der Waals surface area contributed by atoms with Crippen molar-refractivity contribution in [3.63, 3.8) is 0 Å². The Hall–Kier alpha value is -1.03. The molecule has 6 aliphatic rings. The highest BCUT2D eigenvalue weighted by Crippen LogP contribution is 2.73. The second kappa shape index (κ2) is 7.76. The number of carbonyl (C=O) groups is 2. The molecule has 6 nitrogen and oxygen atoms in total. The average Bonchev–Trinajstić information content (AvgIpc) is 3.39. The summed E-state index contributed by atoms with van der Waals surface area (Å²) in [5.74, 6) is -1.85. The molecule has 4 aliphatic carbocycles. The van der Waals surface area contributed by atoms with Gasteiger partial charge in [-0.3, -0.25) is 9.59 Å². The van der Waals surface area contributed by atoms with Crippen LogP contribution in [0, 0.1) is 22.7 Å². The molecule has 0 bridgehead atoms. The number of ether oxygens (including phenoxy) is 3. The van der Waals surface area contributed by atoms with E-state index in [1.54, 1.807) is 6.92 Å². The van der Waals surface area contributed by atoms with Gasteiger partial charge in [-0.1, -0.05) is 13.8 Å². The number of hydrogen-bond donors (Lipinski definition) is 1. The van der Waals surface area contributed by atoms with Crippen molar-refractivity contribution in [3.8, 4) is 0 Å². The molecular formula is C27H36F2O6S. The van der Waals surface area contributed by atoms with Crippen LogP contribution in [0.15, 0.2) is 11.6 Å². The Kier molecular flexibility index (Phi) is 5.45. The SMILES string of the molecule is CC1(C)O[C@@H]2C[C@H]3[C@@H]4C[C@H](F)C5=CC(=O)CC[C@]5(C)[C@@]4(F)[C@@H](O)C[C@]3(C)[C@]2(CSC2CCOC2=O)O1. The predicted molar refractivity (Wildman–Crippen MR) is 129 cm³/mol. The van der Waals surface area contributed by atoms with E-state index in [9.17, 15) is 14.7 Å². The number of halogens is 2. The first-order valence-corrected chi connectivity index (χ1v) is 14.2. The molecule has 1 N–H and O–H groups in total. The number of cyclic esters (lactones) is 1. The lowest BCUT2D eigenvalue weighted by Gasteiger charge is -2.64. The molecule has 2 heterocycles. The summed E-state index contributed by atoms with van der Waals surface area (Å²) < 4.78 is 51.4. The van der Waals surface area contributed by atoms with Crippen molar-refractivity contribution in [2.24, 2.45) is 22.7 Å². The summed E-state index contributed by atoms with van der Waals surface area (Å²) in [4.78, 5) is 24.3. The number of hydrogen-bond acceptors (Lipinski definition) is 7. The topological polar surface area (TPSA) is 82.1 Å². The molecule has 6 rings (SSSR count). The lowest BCUT2D eigenvalue weighted by Crippen LogP contribution is -2.70. The monoisotopic (exact) mass is 526 g/mol. The highest BCUT2D eigenvalue weighted by molar-refractivity contribution is 8.00. The van der Waals surface area contributed by atoms with Crippen LogP contribution in [0.3, 0.4) is 0 Å². The summed E-state index contributed by atoms with van der Waals surface area (Å²) in [6, 6.07) is 0. The van der Waals surface area contributed by atoms with E-state index in [-0.39, 0.29) is 60.3 Å². The van der Waals surface area contributed by atoms with Crippen molar-refractivity contribution < 1.29 is 37.7 Å². The average molecular weight is 527 g/mol. The quantitative estimate of drug-likeness (QED) is 0.555. The van der Waals surface area contributed by atoms with Crippen LogP contribution < -0.4 is 0 Å². The first kappa shape index (κ1) is 25.3. The minimum Gasteiger partial charge on any atom is -0.465 e. The molecule has 0 amide bonds. The Morgan fingerprint density at radius 3 is 2.61 bits per heavy atom. The summed E-state index contributed by atoms with van der Waals surface area (Å²) >= 11 is 1.48. The van der Waals surface area contributed by atoms with E-state index in [0.29, 0.717) is 25.2 Å². The summed E-state index contributed by atoms with van der Waals surface area (Å²) in [5.41, 5.74) is -4.63. The zero-order chi connectivity index (χ0) is 25.9. The predicted octanol–water partition coefficient (Wildman–Crippen LogP) is 4.08. The van der Waals surface area contributed by atoms with Gasteiger partial charge < -0.3 is 19.3 Å². The molecule has 0 radical (unpaired) electrons. The maximum absolute atomic E-state index is 17.5. The van der Waals surface area contributed by atoms with E-state index in [2.05, 4.69) is 0 Å². The number of fused-ring (bicyclic) bond motifs is 7. The fourth-order valence-electron chi connectivity index (χ4n) is 8.89. The van der Waals surface area contributed by atoms with Gasteiger partial charge in [0.25, 0.3) is 0 Å². The second-order valence-corrected chi connectivity index (χ2v) is 13.9. The lowest BCUT2D eigenvalue weighted by molar-refractivity contribution is -0.254. The van der Waals surface area contributed by atoms with Crippen LogP contribution in [-0.2, 0) is 23.8 Å². The van der Waals surface area contributed by atoms with Gasteiger partial charge >= 0.3 is 5.97 Å². The molecule has 5 fully saturated rings. The molecule has 200 valence electrons. The molecule has 10 atom stereocenters. The number of ketones is 1. The number of aliphatic hydroxyl groups excluding tert-OH is 1. The van der Waals surface area contributed by atoms with Crippen LogP contribution in [0.4, 0.5) is 8.78 Å². The van der Waals surface area contributed by atoms with Crippen molar-refractivity contribution in [1.82, 2.24) is 0 Å². The standard InChI is InChI=1S/C27H36F2O6S/c1-23(2)34-21-11-15-16-10-18(28)17-9-14(30)5-7-24(17,3)27(16,29)20(31)12-25(15,4)26(21,35-23)13-36-19-6-8-33-22(19)32/h9,15-16,18-21,31H,5-8,10-13H2,1-4H3/t15-,16-,18-,19?,20-,21+,24-,25-,26+,27-/m0/s1. The first-order valence-electron chi connectivity index (χ1n) is 13.2. The minimum atomic E-state index is -2.05. The maximum Gasteiger partial charge on any atom is 0.319 e. The molecule has 0 aromatic carbocycles. The van der Waals surface area contributed by atoms with E-state index in [1.165, 1.54) is 17.8 Å². The fraction of sp³-hybridized carbons (Fsp3) is 0.852. The Bertz CT molecular complexity index is 1030. The van der Waals surface area contributed by atoms with E-state index >= 15 is 8.78 Å². The molecular weight excluding hydrogens is 490 g/mol. The number of alkyl halides is 2. The summed E-state index contributed by atoms with van der Waals surface area (Å²) in [6.07, 6.45) is -0.298. The van der Waals surface area contributed by atoms with E-state index in [1.807, 2.05) is 20.8 Å². The van der Waals surface area contributed by atoms with Gasteiger partial charge in [-0.15, -0.1) is 11.8 Å². The van der Waals surface area contributed by atoms with Crippen LogP contribution >= 0.6 is 11.8 Å². The number of esters is 1. The van der Waals surface area contributed by atoms with E-state index in [4.69, 9.17) is 14.2 Å². The number of aliphatic hydroxyl groups is 1. The number of rotatable bonds is 3. The van der Waals surface area contributed by atoms with Crippen LogP contribution in [0.5, 0.6) is 0 Å². The van der Waals surface area contributed by atoms with E-state index in [0.717, 1.165) is 0 Å². The Labute approximate surface area is 214 Å². The smallest absolute Gasteiger partial charge is 0.319 e. The third-order valence-electron chi connectivity index (χ3n) is 10.6. The van der Waals surface area contributed by atoms with Crippen molar-refractivity contribution in [2.45, 2.75) is 107 Å². The number of thioether (sulfide) groups is 1.